The molecule has 1 atom stereocenters. The Kier molecular flexibility index (Phi) is 4.55. The van der Waals surface area contributed by atoms with Crippen LogP contribution in [0.15, 0.2) is 36.1 Å². The fraction of sp³-hybridized carbons (Fsp3) is 0.333. The lowest BCUT2D eigenvalue weighted by Crippen LogP contribution is -2.52. The summed E-state index contributed by atoms with van der Waals surface area (Å²) in [6.45, 7) is 7.83. The van der Waals surface area contributed by atoms with Crippen molar-refractivity contribution >= 4 is 24.0 Å². The summed E-state index contributed by atoms with van der Waals surface area (Å²) >= 11 is 0. The Morgan fingerprint density at radius 1 is 1.41 bits per heavy atom. The molecule has 0 aromatic heterocycles. The third-order valence-corrected chi connectivity index (χ3v) is 3.59. The van der Waals surface area contributed by atoms with Gasteiger partial charge in [-0.2, -0.15) is 0 Å². The van der Waals surface area contributed by atoms with Crippen LogP contribution in [-0.2, 0) is 19.2 Å². The predicted molar refractivity (Wildman–Crippen MR) is 78.3 cm³/mol. The molecule has 7 heteroatoms. The van der Waals surface area contributed by atoms with E-state index in [0.717, 1.165) is 0 Å². The van der Waals surface area contributed by atoms with Crippen molar-refractivity contribution in [1.82, 2.24) is 15.5 Å². The smallest absolute Gasteiger partial charge is 0.254 e. The Morgan fingerprint density at radius 3 is 2.77 bits per heavy atom. The lowest BCUT2D eigenvalue weighted by Gasteiger charge is -2.28. The number of amides is 3. The van der Waals surface area contributed by atoms with Crippen molar-refractivity contribution in [3.05, 3.63) is 36.1 Å². The summed E-state index contributed by atoms with van der Waals surface area (Å²) in [6, 6.07) is -0.663. The topological polar surface area (TPSA) is 95.6 Å². The van der Waals surface area contributed by atoms with Crippen LogP contribution in [-0.4, -0.2) is 48.0 Å². The lowest BCUT2D eigenvalue weighted by atomic mass is 10.0. The van der Waals surface area contributed by atoms with E-state index in [4.69, 9.17) is 0 Å². The number of allylic oxidation sites excluding steroid dienone is 1. The normalized spacial score (nSPS) is 23.7. The molecule has 2 saturated heterocycles. The highest BCUT2D eigenvalue weighted by atomic mass is 16.2. The molecule has 0 aromatic rings. The molecule has 0 aliphatic carbocycles. The van der Waals surface area contributed by atoms with Crippen molar-refractivity contribution in [2.75, 3.05) is 13.1 Å². The minimum Gasteiger partial charge on any atom is -0.379 e. The molecule has 0 spiro atoms. The molecule has 0 bridgehead atoms. The molecule has 116 valence electrons. The molecule has 0 aromatic carbocycles. The highest BCUT2D eigenvalue weighted by Crippen LogP contribution is 2.27. The summed E-state index contributed by atoms with van der Waals surface area (Å²) in [5, 5.41) is 5.01. The van der Waals surface area contributed by atoms with E-state index < -0.39 is 11.9 Å². The van der Waals surface area contributed by atoms with E-state index in [2.05, 4.69) is 23.8 Å². The van der Waals surface area contributed by atoms with E-state index in [1.54, 1.807) is 6.08 Å². The monoisotopic (exact) mass is 303 g/mol. The van der Waals surface area contributed by atoms with Gasteiger partial charge in [-0.3, -0.25) is 19.7 Å². The average molecular weight is 303 g/mol. The number of likely N-dealkylation sites (tertiary alicyclic amines) is 1. The maximum Gasteiger partial charge on any atom is 0.254 e. The molecule has 1 unspecified atom stereocenters. The number of carbonyl (C=O) groups excluding carboxylic acids is 4. The Balaban J connectivity index is 2.11. The Labute approximate surface area is 127 Å². The van der Waals surface area contributed by atoms with E-state index in [0.29, 0.717) is 29.6 Å². The van der Waals surface area contributed by atoms with Crippen molar-refractivity contribution in [1.29, 1.82) is 0 Å². The molecule has 0 radical (unpaired) electrons. The third kappa shape index (κ3) is 3.13. The van der Waals surface area contributed by atoms with Gasteiger partial charge in [0.25, 0.3) is 5.91 Å². The van der Waals surface area contributed by atoms with Gasteiger partial charge in [-0.25, -0.2) is 0 Å². The molecule has 2 heterocycles. The molecule has 7 nitrogen and oxygen atoms in total. The first kappa shape index (κ1) is 15.7. The van der Waals surface area contributed by atoms with Crippen LogP contribution in [0.1, 0.15) is 12.8 Å². The predicted octanol–water partition coefficient (Wildman–Crippen LogP) is -0.581. The van der Waals surface area contributed by atoms with Crippen molar-refractivity contribution in [2.24, 2.45) is 0 Å². The molecule has 2 aliphatic rings. The van der Waals surface area contributed by atoms with Crippen LogP contribution >= 0.6 is 0 Å². The summed E-state index contributed by atoms with van der Waals surface area (Å²) in [7, 11) is 0. The molecule has 2 fully saturated rings. The van der Waals surface area contributed by atoms with Crippen LogP contribution in [0, 0.1) is 0 Å². The Morgan fingerprint density at radius 2 is 2.14 bits per heavy atom. The number of nitrogens with one attached hydrogen (secondary N) is 2. The number of hydrogen-bond acceptors (Lipinski definition) is 5. The molecule has 2 aliphatic heterocycles. The second-order valence-corrected chi connectivity index (χ2v) is 5.12. The van der Waals surface area contributed by atoms with Crippen LogP contribution in [0.4, 0.5) is 0 Å². The number of aldehydes is 1. The maximum atomic E-state index is 12.3. The fourth-order valence-electron chi connectivity index (χ4n) is 2.46. The summed E-state index contributed by atoms with van der Waals surface area (Å²) in [5.41, 5.74) is 1.41. The zero-order valence-electron chi connectivity index (χ0n) is 12.1. The first-order valence-electron chi connectivity index (χ1n) is 6.85. The number of nitrogens with zero attached hydrogens (tertiary/aromatic N) is 1. The highest BCUT2D eigenvalue weighted by molar-refractivity contribution is 6.06. The van der Waals surface area contributed by atoms with Gasteiger partial charge in [0.1, 0.15) is 12.3 Å². The number of hydrogen-bond donors (Lipinski definition) is 2. The van der Waals surface area contributed by atoms with Crippen LogP contribution in [0.2, 0.25) is 0 Å². The van der Waals surface area contributed by atoms with Crippen molar-refractivity contribution in [3.8, 4) is 0 Å². The molecule has 2 rings (SSSR count). The largest absolute Gasteiger partial charge is 0.379 e. The van der Waals surface area contributed by atoms with Crippen LogP contribution in [0.3, 0.4) is 0 Å². The maximum absolute atomic E-state index is 12.3. The molecular weight excluding hydrogens is 286 g/mol. The standard InChI is InChI=1S/C15H17N3O4/c1-9(16-5-6-19)7-11-8-18(15(22)10(11)2)12-3-4-13(20)17-14(12)21/h6-7,12,16H,1-5,8H2,(H,17,20,21)/b11-7-. The van der Waals surface area contributed by atoms with Gasteiger partial charge in [-0.05, 0) is 18.1 Å². The lowest BCUT2D eigenvalue weighted by molar-refractivity contribution is -0.142. The second kappa shape index (κ2) is 6.38. The number of carbonyl (C=O) groups is 4. The molecule has 2 N–H and O–H groups in total. The van der Waals surface area contributed by atoms with Gasteiger partial charge < -0.3 is 15.0 Å². The minimum absolute atomic E-state index is 0.125. The molecule has 3 amide bonds. The van der Waals surface area contributed by atoms with Gasteiger partial charge in [-0.15, -0.1) is 0 Å². The summed E-state index contributed by atoms with van der Waals surface area (Å²) in [5.74, 6) is -1.12. The zero-order valence-corrected chi connectivity index (χ0v) is 12.1. The number of imide groups is 1. The molecular formula is C15H17N3O4. The minimum atomic E-state index is -0.663. The second-order valence-electron chi connectivity index (χ2n) is 5.12. The van der Waals surface area contributed by atoms with Gasteiger partial charge >= 0.3 is 0 Å². The number of piperidine rings is 1. The summed E-state index contributed by atoms with van der Waals surface area (Å²) in [4.78, 5) is 47.0. The van der Waals surface area contributed by atoms with E-state index in [1.165, 1.54) is 4.90 Å². The van der Waals surface area contributed by atoms with Crippen LogP contribution in [0.25, 0.3) is 0 Å². The SMILES string of the molecule is C=C(/C=C1/CN(C2CCC(=O)NC2=O)C(=O)C1=C)NCC=O. The summed E-state index contributed by atoms with van der Waals surface area (Å²) < 4.78 is 0. The van der Waals surface area contributed by atoms with E-state index >= 15 is 0 Å². The van der Waals surface area contributed by atoms with Gasteiger partial charge in [0.2, 0.25) is 11.8 Å². The van der Waals surface area contributed by atoms with Gasteiger partial charge in [0.05, 0.1) is 6.54 Å². The molecule has 22 heavy (non-hydrogen) atoms. The van der Waals surface area contributed by atoms with E-state index in [9.17, 15) is 19.2 Å². The van der Waals surface area contributed by atoms with Gasteiger partial charge in [-0.1, -0.05) is 13.2 Å². The quantitative estimate of drug-likeness (QED) is 0.402. The fourth-order valence-corrected chi connectivity index (χ4v) is 2.46. The highest BCUT2D eigenvalue weighted by Gasteiger charge is 2.39. The van der Waals surface area contributed by atoms with Crippen LogP contribution < -0.4 is 10.6 Å². The van der Waals surface area contributed by atoms with Gasteiger partial charge in [0, 0.05) is 24.2 Å². The Hall–Kier alpha value is -2.70. The average Bonchev–Trinajstić information content (AvgIpc) is 2.74. The first-order valence-corrected chi connectivity index (χ1v) is 6.85. The van der Waals surface area contributed by atoms with Crippen molar-refractivity contribution in [3.63, 3.8) is 0 Å². The Bertz CT molecular complexity index is 606. The van der Waals surface area contributed by atoms with Crippen molar-refractivity contribution in [2.45, 2.75) is 18.9 Å². The summed E-state index contributed by atoms with van der Waals surface area (Å²) in [6.07, 6.45) is 2.85. The van der Waals surface area contributed by atoms with Crippen molar-refractivity contribution < 1.29 is 19.2 Å². The van der Waals surface area contributed by atoms with E-state index in [1.807, 2.05) is 0 Å². The first-order chi connectivity index (χ1) is 10.4. The van der Waals surface area contributed by atoms with Gasteiger partial charge in [0.15, 0.2) is 0 Å². The van der Waals surface area contributed by atoms with Crippen LogP contribution in [0.5, 0.6) is 0 Å². The zero-order chi connectivity index (χ0) is 16.3. The van der Waals surface area contributed by atoms with E-state index in [-0.39, 0.29) is 31.3 Å². The molecule has 0 saturated carbocycles. The number of rotatable bonds is 5. The third-order valence-electron chi connectivity index (χ3n) is 3.59.